The molecule has 0 aliphatic heterocycles. The molecule has 1 rings (SSSR count). The summed E-state index contributed by atoms with van der Waals surface area (Å²) in [5.41, 5.74) is 0.120. The minimum atomic E-state index is -1.03. The summed E-state index contributed by atoms with van der Waals surface area (Å²) in [6.07, 6.45) is 3.89. The van der Waals surface area contributed by atoms with E-state index in [0.717, 1.165) is 0 Å². The van der Waals surface area contributed by atoms with Gasteiger partial charge in [-0.1, -0.05) is 6.92 Å². The Morgan fingerprint density at radius 1 is 1.67 bits per heavy atom. The number of pyridine rings is 1. The summed E-state index contributed by atoms with van der Waals surface area (Å²) in [6, 6.07) is 1.50. The summed E-state index contributed by atoms with van der Waals surface area (Å²) < 4.78 is 11.8. The third kappa shape index (κ3) is 4.38. The molecule has 0 saturated carbocycles. The summed E-state index contributed by atoms with van der Waals surface area (Å²) in [5.74, 6) is -0.696. The van der Waals surface area contributed by atoms with Crippen molar-refractivity contribution in [2.75, 3.05) is 18.1 Å². The van der Waals surface area contributed by atoms with Gasteiger partial charge in [0.15, 0.2) is 0 Å². The molecule has 0 saturated heterocycles. The number of hydrogen-bond donors (Lipinski definition) is 2. The predicted molar refractivity (Wildman–Crippen MR) is 75.5 cm³/mol. The highest BCUT2D eigenvalue weighted by Gasteiger charge is 2.12. The fourth-order valence-corrected chi connectivity index (χ4v) is 2.08. The Morgan fingerprint density at radius 2 is 2.33 bits per heavy atom. The van der Waals surface area contributed by atoms with Crippen LogP contribution >= 0.6 is 15.9 Å². The van der Waals surface area contributed by atoms with Gasteiger partial charge in [0, 0.05) is 39.5 Å². The van der Waals surface area contributed by atoms with Crippen molar-refractivity contribution in [1.82, 2.24) is 4.98 Å². The van der Waals surface area contributed by atoms with Gasteiger partial charge < -0.3 is 10.4 Å². The molecule has 0 radical (unpaired) electrons. The summed E-state index contributed by atoms with van der Waals surface area (Å²) in [5, 5.41) is 12.1. The number of anilines is 1. The van der Waals surface area contributed by atoms with E-state index >= 15 is 0 Å². The molecular formula is C11H15BrN2O3S. The van der Waals surface area contributed by atoms with Crippen LogP contribution in [0.5, 0.6) is 0 Å². The molecule has 0 fully saturated rings. The van der Waals surface area contributed by atoms with E-state index in [0.29, 0.717) is 23.3 Å². The lowest BCUT2D eigenvalue weighted by Crippen LogP contribution is -2.16. The number of rotatable bonds is 6. The van der Waals surface area contributed by atoms with Gasteiger partial charge >= 0.3 is 5.97 Å². The lowest BCUT2D eigenvalue weighted by molar-refractivity contribution is 0.0697. The van der Waals surface area contributed by atoms with Gasteiger partial charge in [-0.25, -0.2) is 9.78 Å². The molecule has 0 aliphatic rings. The molecule has 5 nitrogen and oxygen atoms in total. The molecule has 0 bridgehead atoms. The first-order valence-electron chi connectivity index (χ1n) is 5.36. The number of aromatic carboxylic acids is 1. The summed E-state index contributed by atoms with van der Waals surface area (Å²) >= 11 is 3.18. The standard InChI is InChI=1S/C11H15BrN2O3S/c1-7(18(2)17)3-4-13-10-9(11(15)16)5-8(12)6-14-10/h5-7H,3-4H2,1-2H3,(H,13,14)(H,15,16). The molecule has 0 amide bonds. The Labute approximate surface area is 117 Å². The second kappa shape index (κ2) is 6.84. The van der Waals surface area contributed by atoms with Crippen molar-refractivity contribution in [3.05, 3.63) is 22.3 Å². The Morgan fingerprint density at radius 3 is 2.89 bits per heavy atom. The van der Waals surface area contributed by atoms with Crippen molar-refractivity contribution >= 4 is 38.5 Å². The quantitative estimate of drug-likeness (QED) is 0.832. The number of halogens is 1. The molecule has 1 aromatic rings. The molecule has 100 valence electrons. The second-order valence-corrected chi connectivity index (χ2v) is 6.60. The second-order valence-electron chi connectivity index (χ2n) is 3.88. The third-order valence-corrected chi connectivity index (χ3v) is 4.30. The summed E-state index contributed by atoms with van der Waals surface area (Å²) in [6.45, 7) is 2.43. The van der Waals surface area contributed by atoms with Gasteiger partial charge in [-0.15, -0.1) is 0 Å². The fourth-order valence-electron chi connectivity index (χ4n) is 1.30. The van der Waals surface area contributed by atoms with Gasteiger partial charge in [-0.3, -0.25) is 4.21 Å². The number of nitrogens with zero attached hydrogens (tertiary/aromatic N) is 1. The van der Waals surface area contributed by atoms with Gasteiger partial charge in [0.1, 0.15) is 11.4 Å². The van der Waals surface area contributed by atoms with Crippen LogP contribution in [0.15, 0.2) is 16.7 Å². The van der Waals surface area contributed by atoms with Crippen LogP contribution in [-0.2, 0) is 10.8 Å². The maximum atomic E-state index is 11.2. The SMILES string of the molecule is CC(CCNc1ncc(Br)cc1C(=O)O)S(C)=O. The lowest BCUT2D eigenvalue weighted by Gasteiger charge is -2.11. The van der Waals surface area contributed by atoms with Gasteiger partial charge in [0.25, 0.3) is 0 Å². The van der Waals surface area contributed by atoms with Crippen molar-refractivity contribution in [3.63, 3.8) is 0 Å². The van der Waals surface area contributed by atoms with Gasteiger partial charge in [-0.05, 0) is 28.4 Å². The molecular weight excluding hydrogens is 320 g/mol. The van der Waals surface area contributed by atoms with Crippen LogP contribution < -0.4 is 5.32 Å². The highest BCUT2D eigenvalue weighted by Crippen LogP contribution is 2.18. The molecule has 2 unspecified atom stereocenters. The van der Waals surface area contributed by atoms with Crippen LogP contribution in [0, 0.1) is 0 Å². The average molecular weight is 335 g/mol. The van der Waals surface area contributed by atoms with Crippen LogP contribution in [-0.4, -0.2) is 38.3 Å². The Kier molecular flexibility index (Phi) is 5.74. The molecule has 1 aromatic heterocycles. The molecule has 18 heavy (non-hydrogen) atoms. The van der Waals surface area contributed by atoms with Crippen LogP contribution in [0.2, 0.25) is 0 Å². The van der Waals surface area contributed by atoms with E-state index in [4.69, 9.17) is 5.11 Å². The Hall–Kier alpha value is -0.950. The van der Waals surface area contributed by atoms with Crippen molar-refractivity contribution < 1.29 is 14.1 Å². The molecule has 2 atom stereocenters. The van der Waals surface area contributed by atoms with Crippen LogP contribution in [0.1, 0.15) is 23.7 Å². The minimum absolute atomic E-state index is 0.0706. The zero-order valence-corrected chi connectivity index (χ0v) is 12.5. The molecule has 2 N–H and O–H groups in total. The number of nitrogens with one attached hydrogen (secondary N) is 1. The first-order chi connectivity index (χ1) is 8.41. The smallest absolute Gasteiger partial charge is 0.339 e. The zero-order chi connectivity index (χ0) is 13.7. The number of hydrogen-bond acceptors (Lipinski definition) is 4. The van der Waals surface area contributed by atoms with Crippen LogP contribution in [0.25, 0.3) is 0 Å². The zero-order valence-electron chi connectivity index (χ0n) is 10.1. The highest BCUT2D eigenvalue weighted by molar-refractivity contribution is 9.10. The van der Waals surface area contributed by atoms with E-state index in [1.807, 2.05) is 6.92 Å². The highest BCUT2D eigenvalue weighted by atomic mass is 79.9. The van der Waals surface area contributed by atoms with Crippen LogP contribution in [0.4, 0.5) is 5.82 Å². The molecule has 0 aliphatic carbocycles. The Bertz CT molecular complexity index is 468. The summed E-state index contributed by atoms with van der Waals surface area (Å²) in [7, 11) is -0.870. The van der Waals surface area contributed by atoms with Crippen molar-refractivity contribution in [2.45, 2.75) is 18.6 Å². The maximum Gasteiger partial charge on any atom is 0.339 e. The first-order valence-corrected chi connectivity index (χ1v) is 7.78. The largest absolute Gasteiger partial charge is 0.478 e. The number of carboxylic acid groups (broad SMARTS) is 1. The fraction of sp³-hybridized carbons (Fsp3) is 0.455. The number of carbonyl (C=O) groups is 1. The van der Waals surface area contributed by atoms with Gasteiger partial charge in [0.2, 0.25) is 0 Å². The van der Waals surface area contributed by atoms with E-state index in [-0.39, 0.29) is 10.8 Å². The first kappa shape index (κ1) is 15.1. The molecule has 1 heterocycles. The normalized spacial score (nSPS) is 13.9. The summed E-state index contributed by atoms with van der Waals surface area (Å²) in [4.78, 5) is 15.1. The molecule has 0 spiro atoms. The van der Waals surface area contributed by atoms with Crippen molar-refractivity contribution in [3.8, 4) is 0 Å². The third-order valence-electron chi connectivity index (χ3n) is 2.49. The number of aromatic nitrogens is 1. The van der Waals surface area contributed by atoms with Crippen molar-refractivity contribution in [1.29, 1.82) is 0 Å². The molecule has 7 heteroatoms. The lowest BCUT2D eigenvalue weighted by atomic mass is 10.2. The van der Waals surface area contributed by atoms with E-state index in [1.165, 1.54) is 12.3 Å². The maximum absolute atomic E-state index is 11.2. The van der Waals surface area contributed by atoms with E-state index in [2.05, 4.69) is 26.2 Å². The average Bonchev–Trinajstić information content (AvgIpc) is 2.30. The van der Waals surface area contributed by atoms with E-state index in [9.17, 15) is 9.00 Å². The van der Waals surface area contributed by atoms with Crippen molar-refractivity contribution in [2.24, 2.45) is 0 Å². The predicted octanol–water partition coefficient (Wildman–Crippen LogP) is 2.11. The van der Waals surface area contributed by atoms with Gasteiger partial charge in [-0.2, -0.15) is 0 Å². The molecule has 0 aromatic carbocycles. The Balaban J connectivity index is 2.67. The van der Waals surface area contributed by atoms with Gasteiger partial charge in [0.05, 0.1) is 0 Å². The number of carboxylic acids is 1. The van der Waals surface area contributed by atoms with E-state index in [1.54, 1.807) is 6.26 Å². The monoisotopic (exact) mass is 334 g/mol. The van der Waals surface area contributed by atoms with E-state index < -0.39 is 16.8 Å². The minimum Gasteiger partial charge on any atom is -0.478 e. The van der Waals surface area contributed by atoms with Crippen LogP contribution in [0.3, 0.4) is 0 Å². The topological polar surface area (TPSA) is 79.3 Å².